The summed E-state index contributed by atoms with van der Waals surface area (Å²) in [5.41, 5.74) is 1.08. The van der Waals surface area contributed by atoms with Gasteiger partial charge in [-0.25, -0.2) is 12.8 Å². The summed E-state index contributed by atoms with van der Waals surface area (Å²) in [6.45, 7) is 3.64. The van der Waals surface area contributed by atoms with E-state index in [0.717, 1.165) is 4.31 Å². The quantitative estimate of drug-likeness (QED) is 0.521. The van der Waals surface area contributed by atoms with Gasteiger partial charge in [-0.2, -0.15) is 0 Å². The Morgan fingerprint density at radius 1 is 1.00 bits per heavy atom. The van der Waals surface area contributed by atoms with Crippen LogP contribution >= 0.6 is 0 Å². The van der Waals surface area contributed by atoms with Crippen molar-refractivity contribution in [3.63, 3.8) is 0 Å². The molecule has 0 fully saturated rings. The van der Waals surface area contributed by atoms with Gasteiger partial charge in [0.2, 0.25) is 5.91 Å². The van der Waals surface area contributed by atoms with Crippen LogP contribution in [0.25, 0.3) is 0 Å². The largest absolute Gasteiger partial charge is 0.494 e. The van der Waals surface area contributed by atoms with Gasteiger partial charge in [-0.1, -0.05) is 30.3 Å². The van der Waals surface area contributed by atoms with E-state index in [0.29, 0.717) is 23.6 Å². The van der Waals surface area contributed by atoms with Gasteiger partial charge in [0.1, 0.15) is 18.1 Å². The first-order valence-electron chi connectivity index (χ1n) is 10.2. The first kappa shape index (κ1) is 23.3. The van der Waals surface area contributed by atoms with E-state index in [2.05, 4.69) is 5.32 Å². The summed E-state index contributed by atoms with van der Waals surface area (Å²) in [6.07, 6.45) is 0. The van der Waals surface area contributed by atoms with Crippen LogP contribution in [0.1, 0.15) is 25.5 Å². The van der Waals surface area contributed by atoms with Crippen molar-refractivity contribution < 1.29 is 22.3 Å². The van der Waals surface area contributed by atoms with Gasteiger partial charge in [0, 0.05) is 0 Å². The number of rotatable bonds is 9. The summed E-state index contributed by atoms with van der Waals surface area (Å²) in [4.78, 5) is 12.8. The monoisotopic (exact) mass is 456 g/mol. The molecule has 0 radical (unpaired) electrons. The minimum Gasteiger partial charge on any atom is -0.494 e. The van der Waals surface area contributed by atoms with Gasteiger partial charge in [0.05, 0.1) is 23.2 Å². The zero-order valence-electron chi connectivity index (χ0n) is 17.9. The van der Waals surface area contributed by atoms with Gasteiger partial charge >= 0.3 is 0 Å². The van der Waals surface area contributed by atoms with Crippen LogP contribution in [-0.4, -0.2) is 27.5 Å². The topological polar surface area (TPSA) is 75.7 Å². The maximum absolute atomic E-state index is 13.4. The number of anilines is 1. The number of carbonyl (C=O) groups excluding carboxylic acids is 1. The minimum atomic E-state index is -4.02. The number of ether oxygens (including phenoxy) is 1. The number of hydrogen-bond donors (Lipinski definition) is 1. The summed E-state index contributed by atoms with van der Waals surface area (Å²) in [6, 6.07) is 19.8. The van der Waals surface area contributed by atoms with Crippen LogP contribution in [0.3, 0.4) is 0 Å². The second-order valence-electron chi connectivity index (χ2n) is 7.09. The van der Waals surface area contributed by atoms with E-state index in [1.807, 2.05) is 6.92 Å². The Bertz CT molecular complexity index is 1130. The number of nitrogens with zero attached hydrogens (tertiary/aromatic N) is 1. The fourth-order valence-electron chi connectivity index (χ4n) is 3.16. The Hall–Kier alpha value is -3.39. The molecule has 3 rings (SSSR count). The Balaban J connectivity index is 1.84. The van der Waals surface area contributed by atoms with E-state index in [1.54, 1.807) is 61.5 Å². The van der Waals surface area contributed by atoms with Crippen LogP contribution in [0.15, 0.2) is 83.8 Å². The molecule has 1 amide bonds. The van der Waals surface area contributed by atoms with Crippen LogP contribution in [0.2, 0.25) is 0 Å². The lowest BCUT2D eigenvalue weighted by Gasteiger charge is -2.25. The van der Waals surface area contributed by atoms with Gasteiger partial charge in [-0.15, -0.1) is 0 Å². The molecule has 0 aliphatic carbocycles. The SMILES string of the molecule is CCOc1ccc(S(=O)(=O)N(CC(=O)NC(C)c2ccc(F)cc2)c2ccccc2)cc1. The molecular formula is C24H25FN2O4S. The lowest BCUT2D eigenvalue weighted by molar-refractivity contribution is -0.120. The molecule has 3 aromatic rings. The summed E-state index contributed by atoms with van der Waals surface area (Å²) in [7, 11) is -4.02. The molecule has 0 heterocycles. The van der Waals surface area contributed by atoms with Crippen LogP contribution in [0.4, 0.5) is 10.1 Å². The maximum atomic E-state index is 13.4. The van der Waals surface area contributed by atoms with Crippen molar-refractivity contribution in [2.75, 3.05) is 17.5 Å². The lowest BCUT2D eigenvalue weighted by Crippen LogP contribution is -2.41. The molecule has 32 heavy (non-hydrogen) atoms. The fraction of sp³-hybridized carbons (Fsp3) is 0.208. The molecule has 8 heteroatoms. The molecule has 0 aliphatic heterocycles. The molecule has 0 saturated carbocycles. The highest BCUT2D eigenvalue weighted by Crippen LogP contribution is 2.25. The average molecular weight is 457 g/mol. The highest BCUT2D eigenvalue weighted by atomic mass is 32.2. The number of sulfonamides is 1. The molecule has 0 aliphatic rings. The van der Waals surface area contributed by atoms with Gasteiger partial charge in [-0.05, 0) is 67.9 Å². The van der Waals surface area contributed by atoms with Gasteiger partial charge < -0.3 is 10.1 Å². The average Bonchev–Trinajstić information content (AvgIpc) is 2.79. The number of benzene rings is 3. The Labute approximate surface area is 187 Å². The van der Waals surface area contributed by atoms with E-state index < -0.39 is 28.5 Å². The summed E-state index contributed by atoms with van der Waals surface area (Å²) in [5, 5.41) is 2.78. The maximum Gasteiger partial charge on any atom is 0.264 e. The molecular weight excluding hydrogens is 431 g/mol. The van der Waals surface area contributed by atoms with Crippen molar-refractivity contribution in [2.45, 2.75) is 24.8 Å². The highest BCUT2D eigenvalue weighted by molar-refractivity contribution is 7.92. The molecule has 0 aromatic heterocycles. The van der Waals surface area contributed by atoms with E-state index >= 15 is 0 Å². The smallest absolute Gasteiger partial charge is 0.264 e. The second kappa shape index (κ2) is 10.3. The van der Waals surface area contributed by atoms with Crippen LogP contribution < -0.4 is 14.4 Å². The molecule has 6 nitrogen and oxygen atoms in total. The fourth-order valence-corrected chi connectivity index (χ4v) is 4.58. The van der Waals surface area contributed by atoms with Crippen molar-refractivity contribution >= 4 is 21.6 Å². The highest BCUT2D eigenvalue weighted by Gasteiger charge is 2.27. The van der Waals surface area contributed by atoms with Crippen molar-refractivity contribution in [1.29, 1.82) is 0 Å². The number of halogens is 1. The molecule has 3 aromatic carbocycles. The summed E-state index contributed by atoms with van der Waals surface area (Å²) >= 11 is 0. The lowest BCUT2D eigenvalue weighted by atomic mass is 10.1. The first-order chi connectivity index (χ1) is 15.3. The van der Waals surface area contributed by atoms with Crippen molar-refractivity contribution in [3.05, 3.63) is 90.2 Å². The molecule has 0 saturated heterocycles. The van der Waals surface area contributed by atoms with Crippen LogP contribution in [-0.2, 0) is 14.8 Å². The number of hydrogen-bond acceptors (Lipinski definition) is 4. The van der Waals surface area contributed by atoms with Gasteiger partial charge in [-0.3, -0.25) is 9.10 Å². The second-order valence-corrected chi connectivity index (χ2v) is 8.95. The zero-order chi connectivity index (χ0) is 23.1. The van der Waals surface area contributed by atoms with E-state index in [9.17, 15) is 17.6 Å². The number of nitrogens with one attached hydrogen (secondary N) is 1. The Kier molecular flexibility index (Phi) is 7.48. The summed E-state index contributed by atoms with van der Waals surface area (Å²) in [5.74, 6) is -0.298. The first-order valence-corrected chi connectivity index (χ1v) is 11.6. The van der Waals surface area contributed by atoms with E-state index in [4.69, 9.17) is 4.74 Å². The van der Waals surface area contributed by atoms with Crippen molar-refractivity contribution in [2.24, 2.45) is 0 Å². The predicted octanol–water partition coefficient (Wildman–Crippen LogP) is 4.30. The molecule has 168 valence electrons. The van der Waals surface area contributed by atoms with Gasteiger partial charge in [0.25, 0.3) is 10.0 Å². The van der Waals surface area contributed by atoms with Crippen LogP contribution in [0.5, 0.6) is 5.75 Å². The minimum absolute atomic E-state index is 0.0455. The van der Waals surface area contributed by atoms with Crippen molar-refractivity contribution in [3.8, 4) is 5.75 Å². The molecule has 0 bridgehead atoms. The van der Waals surface area contributed by atoms with E-state index in [1.165, 1.54) is 24.3 Å². The zero-order valence-corrected chi connectivity index (χ0v) is 18.7. The predicted molar refractivity (Wildman–Crippen MR) is 122 cm³/mol. The Morgan fingerprint density at radius 3 is 2.22 bits per heavy atom. The Morgan fingerprint density at radius 2 is 1.62 bits per heavy atom. The van der Waals surface area contributed by atoms with Crippen LogP contribution in [0, 0.1) is 5.82 Å². The third-order valence-electron chi connectivity index (χ3n) is 4.80. The molecule has 0 spiro atoms. The van der Waals surface area contributed by atoms with Gasteiger partial charge in [0.15, 0.2) is 0 Å². The number of para-hydroxylation sites is 1. The molecule has 1 unspecified atom stereocenters. The standard InChI is InChI=1S/C24H25FN2O4S/c1-3-31-22-13-15-23(16-14-22)32(29,30)27(21-7-5-4-6-8-21)17-24(28)26-18(2)19-9-11-20(25)12-10-19/h4-16,18H,3,17H2,1-2H3,(H,26,28). The normalized spacial score (nSPS) is 12.1. The third-order valence-corrected chi connectivity index (χ3v) is 6.59. The summed E-state index contributed by atoms with van der Waals surface area (Å²) < 4.78 is 46.4. The number of carbonyl (C=O) groups is 1. The van der Waals surface area contributed by atoms with E-state index in [-0.39, 0.29) is 10.7 Å². The number of amides is 1. The van der Waals surface area contributed by atoms with Crippen molar-refractivity contribution in [1.82, 2.24) is 5.32 Å². The third kappa shape index (κ3) is 5.64. The molecule has 1 N–H and O–H groups in total. The molecule has 1 atom stereocenters.